The van der Waals surface area contributed by atoms with Gasteiger partial charge in [0, 0.05) is 51.5 Å². The Morgan fingerprint density at radius 3 is 2.48 bits per heavy atom. The first-order chi connectivity index (χ1) is 23.0. The van der Waals surface area contributed by atoms with Crippen LogP contribution in [0.1, 0.15) is 49.3 Å². The summed E-state index contributed by atoms with van der Waals surface area (Å²) in [5.41, 5.74) is 0.911. The van der Waals surface area contributed by atoms with Crippen molar-refractivity contribution in [1.82, 2.24) is 15.5 Å². The summed E-state index contributed by atoms with van der Waals surface area (Å²) in [7, 11) is 1.62. The predicted octanol–water partition coefficient (Wildman–Crippen LogP) is 5.58. The van der Waals surface area contributed by atoms with Gasteiger partial charge in [0.1, 0.15) is 17.5 Å². The highest BCUT2D eigenvalue weighted by Gasteiger charge is 2.46. The molecule has 0 radical (unpaired) electrons. The number of benzene rings is 3. The van der Waals surface area contributed by atoms with Gasteiger partial charge in [-0.05, 0) is 67.8 Å². The van der Waals surface area contributed by atoms with Crippen LogP contribution in [0.3, 0.4) is 0 Å². The third kappa shape index (κ3) is 7.78. The Morgan fingerprint density at radius 2 is 1.79 bits per heavy atom. The van der Waals surface area contributed by atoms with Crippen molar-refractivity contribution in [2.24, 2.45) is 0 Å². The summed E-state index contributed by atoms with van der Waals surface area (Å²) in [6, 6.07) is 18.1. The van der Waals surface area contributed by atoms with Gasteiger partial charge in [0.2, 0.25) is 11.8 Å². The van der Waals surface area contributed by atoms with Crippen molar-refractivity contribution in [3.63, 3.8) is 0 Å². The molecule has 5 rings (SSSR count). The number of carbonyl (C=O) groups is 3. The first-order valence-electron chi connectivity index (χ1n) is 16.1. The van der Waals surface area contributed by atoms with Crippen molar-refractivity contribution in [3.05, 3.63) is 99.3 Å². The second kappa shape index (κ2) is 15.2. The van der Waals surface area contributed by atoms with Crippen LogP contribution in [0.25, 0.3) is 0 Å². The minimum Gasteiger partial charge on any atom is -0.437 e. The van der Waals surface area contributed by atoms with Crippen LogP contribution in [0.5, 0.6) is 0 Å². The molecule has 3 aromatic carbocycles. The summed E-state index contributed by atoms with van der Waals surface area (Å²) < 4.78 is 20.2. The number of ether oxygens (including phenoxy) is 1. The average molecular weight is 700 g/mol. The number of halogens is 3. The van der Waals surface area contributed by atoms with E-state index in [1.807, 2.05) is 37.3 Å². The fraction of sp³-hybridized carbons (Fsp3) is 0.417. The Balaban J connectivity index is 1.30. The van der Waals surface area contributed by atoms with Crippen molar-refractivity contribution < 1.29 is 28.6 Å². The predicted molar refractivity (Wildman–Crippen MR) is 184 cm³/mol. The van der Waals surface area contributed by atoms with Gasteiger partial charge in [-0.3, -0.25) is 14.5 Å². The third-order valence-electron chi connectivity index (χ3n) is 9.56. The van der Waals surface area contributed by atoms with E-state index in [1.165, 1.54) is 17.0 Å². The van der Waals surface area contributed by atoms with Crippen molar-refractivity contribution in [2.45, 2.75) is 56.1 Å². The van der Waals surface area contributed by atoms with Gasteiger partial charge in [0.05, 0.1) is 27.8 Å². The van der Waals surface area contributed by atoms with E-state index >= 15 is 0 Å². The van der Waals surface area contributed by atoms with Gasteiger partial charge in [-0.1, -0.05) is 59.6 Å². The van der Waals surface area contributed by atoms with Crippen molar-refractivity contribution in [1.29, 1.82) is 0 Å². The molecule has 0 aromatic heterocycles. The quantitative estimate of drug-likeness (QED) is 0.228. The van der Waals surface area contributed by atoms with E-state index in [0.717, 1.165) is 5.56 Å². The van der Waals surface area contributed by atoms with Gasteiger partial charge in [0.25, 0.3) is 0 Å². The Kier molecular flexibility index (Phi) is 11.3. The number of nitrogens with one attached hydrogen (secondary N) is 2. The summed E-state index contributed by atoms with van der Waals surface area (Å²) in [5, 5.41) is 15.6. The first kappa shape index (κ1) is 35.6. The van der Waals surface area contributed by atoms with E-state index in [4.69, 9.17) is 27.9 Å². The Bertz CT molecular complexity index is 1640. The number of aliphatic hydroxyl groups is 1. The maximum absolute atomic E-state index is 14.3. The number of likely N-dealkylation sites (tertiary alicyclic amines) is 1. The van der Waals surface area contributed by atoms with Gasteiger partial charge < -0.3 is 25.4 Å². The molecule has 12 heteroatoms. The maximum atomic E-state index is 14.3. The summed E-state index contributed by atoms with van der Waals surface area (Å²) in [5.74, 6) is -1.11. The molecular formula is C36H41Cl2FN4O5. The number of fused-ring (bicyclic) bond motifs is 2. The molecule has 1 saturated heterocycles. The van der Waals surface area contributed by atoms with E-state index < -0.39 is 29.1 Å². The van der Waals surface area contributed by atoms with Crippen LogP contribution >= 0.6 is 23.2 Å². The monoisotopic (exact) mass is 698 g/mol. The third-order valence-corrected chi connectivity index (χ3v) is 10.3. The number of piperidine rings is 1. The Morgan fingerprint density at radius 1 is 1.06 bits per heavy atom. The molecule has 0 unspecified atom stereocenters. The SMILES string of the molecule is CN1C(=O)OC2(CCN(CCC[C@@](C)(C(=O)N[C@H](Cc3ccccc3)C(=O)NCCO)c3ccc(Cl)c(Cl)c3)CC2)c2cc(F)ccc21. The van der Waals surface area contributed by atoms with E-state index in [1.54, 1.807) is 31.3 Å². The van der Waals surface area contributed by atoms with E-state index in [-0.39, 0.29) is 31.3 Å². The number of aliphatic hydroxyl groups excluding tert-OH is 1. The summed E-state index contributed by atoms with van der Waals surface area (Å²) in [6.45, 7) is 3.58. The topological polar surface area (TPSA) is 111 Å². The van der Waals surface area contributed by atoms with E-state index in [2.05, 4.69) is 15.5 Å². The number of nitrogens with zero attached hydrogens (tertiary/aromatic N) is 2. The van der Waals surface area contributed by atoms with Crippen LogP contribution < -0.4 is 15.5 Å². The number of hydrogen-bond acceptors (Lipinski definition) is 6. The molecule has 3 N–H and O–H groups in total. The summed E-state index contributed by atoms with van der Waals surface area (Å²) >= 11 is 12.6. The van der Waals surface area contributed by atoms with Gasteiger partial charge in [-0.2, -0.15) is 0 Å². The van der Waals surface area contributed by atoms with Crippen molar-refractivity contribution >= 4 is 46.8 Å². The van der Waals surface area contributed by atoms with E-state index in [0.29, 0.717) is 72.2 Å². The molecule has 2 aliphatic heterocycles. The lowest BCUT2D eigenvalue weighted by atomic mass is 9.77. The zero-order chi connectivity index (χ0) is 34.5. The summed E-state index contributed by atoms with van der Waals surface area (Å²) in [4.78, 5) is 43.7. The fourth-order valence-corrected chi connectivity index (χ4v) is 6.93. The lowest BCUT2D eigenvalue weighted by molar-refractivity contribution is -0.132. The van der Waals surface area contributed by atoms with Gasteiger partial charge in [-0.15, -0.1) is 0 Å². The molecule has 3 amide bonds. The van der Waals surface area contributed by atoms with Crippen molar-refractivity contribution in [2.75, 3.05) is 44.7 Å². The highest BCUT2D eigenvalue weighted by molar-refractivity contribution is 6.42. The molecule has 3 aromatic rings. The Labute approximate surface area is 290 Å². The molecule has 256 valence electrons. The number of hydrogen-bond donors (Lipinski definition) is 3. The number of anilines is 1. The highest BCUT2D eigenvalue weighted by Crippen LogP contribution is 2.45. The van der Waals surface area contributed by atoms with Crippen LogP contribution in [0.15, 0.2) is 66.7 Å². The van der Waals surface area contributed by atoms with Crippen LogP contribution in [-0.2, 0) is 31.8 Å². The van der Waals surface area contributed by atoms with Crippen LogP contribution in [0.4, 0.5) is 14.9 Å². The molecule has 1 fully saturated rings. The lowest BCUT2D eigenvalue weighted by Gasteiger charge is -2.46. The summed E-state index contributed by atoms with van der Waals surface area (Å²) in [6.07, 6.45) is 1.90. The minimum absolute atomic E-state index is 0.0671. The maximum Gasteiger partial charge on any atom is 0.414 e. The second-order valence-electron chi connectivity index (χ2n) is 12.7. The molecule has 0 bridgehead atoms. The van der Waals surface area contributed by atoms with Gasteiger partial charge in [0.15, 0.2) is 0 Å². The normalized spacial score (nSPS) is 17.6. The molecular weight excluding hydrogens is 658 g/mol. The molecule has 1 spiro atoms. The van der Waals surface area contributed by atoms with Crippen molar-refractivity contribution in [3.8, 4) is 0 Å². The molecule has 2 heterocycles. The fourth-order valence-electron chi connectivity index (χ4n) is 6.63. The standard InChI is InChI=1S/C36H41Cl2FN4O5/c1-35(25-9-11-28(37)29(38)22-25,33(46)41-30(32(45)40-16-20-44)21-24-7-4-3-5-8-24)13-6-17-43-18-14-36(15-19-43)27-23-26(39)10-12-31(27)42(2)34(47)48-36/h3-5,7-12,22-23,30,44H,6,13-21H2,1-2H3,(H,40,45)(H,41,46)/t30-,35-/m1/s1. The van der Waals surface area contributed by atoms with Crippen LogP contribution in [0.2, 0.25) is 10.0 Å². The van der Waals surface area contributed by atoms with E-state index in [9.17, 15) is 23.9 Å². The first-order valence-corrected chi connectivity index (χ1v) is 16.9. The second-order valence-corrected chi connectivity index (χ2v) is 13.5. The van der Waals surface area contributed by atoms with Crippen LogP contribution in [-0.4, -0.2) is 73.8 Å². The molecule has 2 atom stereocenters. The molecule has 2 aliphatic rings. The smallest absolute Gasteiger partial charge is 0.414 e. The van der Waals surface area contributed by atoms with Gasteiger partial charge in [-0.25, -0.2) is 9.18 Å². The average Bonchev–Trinajstić information content (AvgIpc) is 3.08. The largest absolute Gasteiger partial charge is 0.437 e. The molecule has 0 saturated carbocycles. The lowest BCUT2D eigenvalue weighted by Crippen LogP contribution is -2.53. The van der Waals surface area contributed by atoms with Crippen LogP contribution in [0, 0.1) is 5.82 Å². The number of rotatable bonds is 12. The molecule has 48 heavy (non-hydrogen) atoms. The molecule has 9 nitrogen and oxygen atoms in total. The number of carbonyl (C=O) groups excluding carboxylic acids is 3. The Hall–Kier alpha value is -3.70. The zero-order valence-corrected chi connectivity index (χ0v) is 28.6. The molecule has 0 aliphatic carbocycles. The zero-order valence-electron chi connectivity index (χ0n) is 27.1. The minimum atomic E-state index is -1.07. The number of amides is 3. The van der Waals surface area contributed by atoms with Gasteiger partial charge >= 0.3 is 6.09 Å². The highest BCUT2D eigenvalue weighted by atomic mass is 35.5.